The fourth-order valence-corrected chi connectivity index (χ4v) is 2.65. The molecule has 2 atom stereocenters. The Kier molecular flexibility index (Phi) is 3.19. The summed E-state index contributed by atoms with van der Waals surface area (Å²) < 4.78 is 5.26. The number of piperidine rings is 1. The summed E-state index contributed by atoms with van der Waals surface area (Å²) in [6, 6.07) is 0.850. The van der Waals surface area contributed by atoms with Gasteiger partial charge < -0.3 is 9.84 Å². The number of aliphatic hydroxyl groups excluding tert-OH is 1. The number of likely N-dealkylation sites (tertiary alicyclic amines) is 1. The highest BCUT2D eigenvalue weighted by molar-refractivity contribution is 4.91. The van der Waals surface area contributed by atoms with Gasteiger partial charge in [-0.2, -0.15) is 0 Å². The van der Waals surface area contributed by atoms with E-state index in [0.717, 1.165) is 25.1 Å². The fraction of sp³-hybridized carbons (Fsp3) is 1.00. The lowest BCUT2D eigenvalue weighted by molar-refractivity contribution is 0.0666. The van der Waals surface area contributed by atoms with Crippen LogP contribution in [0.15, 0.2) is 0 Å². The van der Waals surface area contributed by atoms with Crippen molar-refractivity contribution < 1.29 is 9.84 Å². The Bertz CT molecular complexity index is 163. The molecular formula is C10H19NO2. The second-order valence-electron chi connectivity index (χ2n) is 4.16. The first-order chi connectivity index (χ1) is 6.40. The highest BCUT2D eigenvalue weighted by Crippen LogP contribution is 2.36. The number of aliphatic hydroxyl groups is 1. The lowest BCUT2D eigenvalue weighted by Crippen LogP contribution is -2.34. The van der Waals surface area contributed by atoms with E-state index in [9.17, 15) is 0 Å². The summed E-state index contributed by atoms with van der Waals surface area (Å²) in [6.45, 7) is 3.76. The maximum Gasteiger partial charge on any atom is 0.0698 e. The SMILES string of the molecule is OCCOCCN1C[C@H]2CC[C@H]1C2. The number of fused-ring (bicyclic) bond motifs is 2. The van der Waals surface area contributed by atoms with Gasteiger partial charge in [0.1, 0.15) is 0 Å². The van der Waals surface area contributed by atoms with E-state index >= 15 is 0 Å². The second kappa shape index (κ2) is 4.40. The van der Waals surface area contributed by atoms with Gasteiger partial charge in [0.15, 0.2) is 0 Å². The molecule has 0 aromatic heterocycles. The van der Waals surface area contributed by atoms with Crippen LogP contribution in [0.3, 0.4) is 0 Å². The van der Waals surface area contributed by atoms with Crippen molar-refractivity contribution in [1.29, 1.82) is 0 Å². The van der Waals surface area contributed by atoms with Gasteiger partial charge in [0.2, 0.25) is 0 Å². The molecule has 2 rings (SSSR count). The molecule has 1 N–H and O–H groups in total. The van der Waals surface area contributed by atoms with Gasteiger partial charge in [-0.05, 0) is 25.2 Å². The Labute approximate surface area is 79.7 Å². The normalized spacial score (nSPS) is 33.0. The molecule has 3 nitrogen and oxygen atoms in total. The number of rotatable bonds is 5. The minimum absolute atomic E-state index is 0.145. The van der Waals surface area contributed by atoms with E-state index in [0.29, 0.717) is 6.61 Å². The maximum absolute atomic E-state index is 8.52. The quantitative estimate of drug-likeness (QED) is 0.632. The summed E-state index contributed by atoms with van der Waals surface area (Å²) >= 11 is 0. The minimum Gasteiger partial charge on any atom is -0.394 e. The van der Waals surface area contributed by atoms with Crippen LogP contribution in [0, 0.1) is 5.92 Å². The lowest BCUT2D eigenvalue weighted by atomic mass is 10.1. The van der Waals surface area contributed by atoms with Crippen LogP contribution in [0.25, 0.3) is 0 Å². The molecule has 76 valence electrons. The minimum atomic E-state index is 0.145. The van der Waals surface area contributed by atoms with Crippen molar-refractivity contribution in [1.82, 2.24) is 4.90 Å². The third-order valence-corrected chi connectivity index (χ3v) is 3.28. The highest BCUT2D eigenvalue weighted by Gasteiger charge is 2.36. The van der Waals surface area contributed by atoms with Gasteiger partial charge in [-0.3, -0.25) is 4.90 Å². The molecule has 2 aliphatic rings. The third-order valence-electron chi connectivity index (χ3n) is 3.28. The van der Waals surface area contributed by atoms with E-state index in [2.05, 4.69) is 4.90 Å². The van der Waals surface area contributed by atoms with Crippen LogP contribution in [0.1, 0.15) is 19.3 Å². The molecule has 1 saturated heterocycles. The summed E-state index contributed by atoms with van der Waals surface area (Å²) in [5, 5.41) is 8.52. The van der Waals surface area contributed by atoms with Crippen LogP contribution in [-0.2, 0) is 4.74 Å². The largest absolute Gasteiger partial charge is 0.394 e. The molecule has 3 heteroatoms. The molecule has 0 radical (unpaired) electrons. The number of nitrogens with zero attached hydrogens (tertiary/aromatic N) is 1. The Hall–Kier alpha value is -0.120. The number of hydrogen-bond donors (Lipinski definition) is 1. The Morgan fingerprint density at radius 3 is 2.85 bits per heavy atom. The average Bonchev–Trinajstić information content (AvgIpc) is 2.73. The van der Waals surface area contributed by atoms with Crippen LogP contribution in [0.5, 0.6) is 0 Å². The van der Waals surface area contributed by atoms with E-state index in [1.807, 2.05) is 0 Å². The van der Waals surface area contributed by atoms with Gasteiger partial charge in [0, 0.05) is 19.1 Å². The lowest BCUT2D eigenvalue weighted by Gasteiger charge is -2.26. The van der Waals surface area contributed by atoms with Crippen LogP contribution in [0.2, 0.25) is 0 Å². The standard InChI is InChI=1S/C10H19NO2/c12-4-6-13-5-3-11-8-9-1-2-10(11)7-9/h9-10,12H,1-8H2/t9-,10-/m0/s1. The summed E-state index contributed by atoms with van der Waals surface area (Å²) in [7, 11) is 0. The first kappa shape index (κ1) is 9.44. The monoisotopic (exact) mass is 185 g/mol. The Morgan fingerprint density at radius 2 is 2.23 bits per heavy atom. The zero-order valence-corrected chi connectivity index (χ0v) is 8.11. The van der Waals surface area contributed by atoms with E-state index in [4.69, 9.17) is 9.84 Å². The molecule has 1 aliphatic carbocycles. The molecule has 1 saturated carbocycles. The van der Waals surface area contributed by atoms with E-state index in [1.165, 1.54) is 25.8 Å². The second-order valence-corrected chi connectivity index (χ2v) is 4.16. The van der Waals surface area contributed by atoms with Gasteiger partial charge in [-0.1, -0.05) is 0 Å². The maximum atomic E-state index is 8.52. The summed E-state index contributed by atoms with van der Waals surface area (Å²) in [4.78, 5) is 2.55. The van der Waals surface area contributed by atoms with Crippen LogP contribution >= 0.6 is 0 Å². The first-order valence-corrected chi connectivity index (χ1v) is 5.33. The topological polar surface area (TPSA) is 32.7 Å². The van der Waals surface area contributed by atoms with Crippen LogP contribution < -0.4 is 0 Å². The average molecular weight is 185 g/mol. The van der Waals surface area contributed by atoms with E-state index < -0.39 is 0 Å². The molecule has 2 fully saturated rings. The summed E-state index contributed by atoms with van der Waals surface area (Å²) in [5.74, 6) is 0.975. The summed E-state index contributed by atoms with van der Waals surface area (Å²) in [5.41, 5.74) is 0. The molecule has 0 aromatic rings. The van der Waals surface area contributed by atoms with Crippen molar-refractivity contribution in [3.63, 3.8) is 0 Å². The van der Waals surface area contributed by atoms with Crippen molar-refractivity contribution >= 4 is 0 Å². The van der Waals surface area contributed by atoms with Crippen molar-refractivity contribution in [2.75, 3.05) is 32.9 Å². The molecule has 0 aromatic carbocycles. The molecular weight excluding hydrogens is 166 g/mol. The number of ether oxygens (including phenoxy) is 1. The van der Waals surface area contributed by atoms with Crippen LogP contribution in [0.4, 0.5) is 0 Å². The predicted molar refractivity (Wildman–Crippen MR) is 50.6 cm³/mol. The molecule has 13 heavy (non-hydrogen) atoms. The Morgan fingerprint density at radius 1 is 1.31 bits per heavy atom. The van der Waals surface area contributed by atoms with Gasteiger partial charge >= 0.3 is 0 Å². The van der Waals surface area contributed by atoms with Crippen molar-refractivity contribution in [3.8, 4) is 0 Å². The van der Waals surface area contributed by atoms with Crippen molar-refractivity contribution in [2.24, 2.45) is 5.92 Å². The molecule has 2 bridgehead atoms. The Balaban J connectivity index is 1.60. The van der Waals surface area contributed by atoms with Gasteiger partial charge in [-0.15, -0.1) is 0 Å². The first-order valence-electron chi connectivity index (χ1n) is 5.33. The smallest absolute Gasteiger partial charge is 0.0698 e. The summed E-state index contributed by atoms with van der Waals surface area (Å²) in [6.07, 6.45) is 4.25. The molecule has 1 heterocycles. The zero-order chi connectivity index (χ0) is 9.10. The zero-order valence-electron chi connectivity index (χ0n) is 8.11. The highest BCUT2D eigenvalue weighted by atomic mass is 16.5. The molecule has 0 amide bonds. The van der Waals surface area contributed by atoms with Gasteiger partial charge in [0.25, 0.3) is 0 Å². The van der Waals surface area contributed by atoms with Crippen molar-refractivity contribution in [3.05, 3.63) is 0 Å². The van der Waals surface area contributed by atoms with E-state index in [-0.39, 0.29) is 6.61 Å². The third kappa shape index (κ3) is 2.22. The molecule has 0 unspecified atom stereocenters. The molecule has 1 aliphatic heterocycles. The molecule has 0 spiro atoms. The van der Waals surface area contributed by atoms with Gasteiger partial charge in [-0.25, -0.2) is 0 Å². The van der Waals surface area contributed by atoms with E-state index in [1.54, 1.807) is 0 Å². The van der Waals surface area contributed by atoms with Crippen molar-refractivity contribution in [2.45, 2.75) is 25.3 Å². The fourth-order valence-electron chi connectivity index (χ4n) is 2.65. The van der Waals surface area contributed by atoms with Crippen LogP contribution in [-0.4, -0.2) is 49.0 Å². The van der Waals surface area contributed by atoms with Gasteiger partial charge in [0.05, 0.1) is 19.8 Å². The number of hydrogen-bond acceptors (Lipinski definition) is 3. The predicted octanol–water partition coefficient (Wildman–Crippen LogP) is 0.480.